The highest BCUT2D eigenvalue weighted by atomic mass is 16.3. The van der Waals surface area contributed by atoms with Crippen molar-refractivity contribution in [3.8, 4) is 23.0 Å². The second-order valence-electron chi connectivity index (χ2n) is 5.22. The van der Waals surface area contributed by atoms with Gasteiger partial charge < -0.3 is 20.4 Å². The summed E-state index contributed by atoms with van der Waals surface area (Å²) in [5, 5.41) is 37.2. The van der Waals surface area contributed by atoms with Crippen LogP contribution in [-0.2, 0) is 17.6 Å². The summed E-state index contributed by atoms with van der Waals surface area (Å²) >= 11 is 0. The van der Waals surface area contributed by atoms with Crippen molar-refractivity contribution in [1.82, 2.24) is 0 Å². The summed E-state index contributed by atoms with van der Waals surface area (Å²) in [7, 11) is 0. The molecule has 0 heterocycles. The Labute approximate surface area is 128 Å². The van der Waals surface area contributed by atoms with Gasteiger partial charge in [0, 0.05) is 12.8 Å². The number of aryl methyl sites for hydroxylation is 1. The van der Waals surface area contributed by atoms with Crippen molar-refractivity contribution in [1.29, 1.82) is 0 Å². The molecule has 5 heteroatoms. The number of phenolic OH excluding ortho intramolecular Hbond substituents is 4. The van der Waals surface area contributed by atoms with Gasteiger partial charge in [-0.3, -0.25) is 4.79 Å². The first-order valence-corrected chi connectivity index (χ1v) is 6.99. The lowest BCUT2D eigenvalue weighted by atomic mass is 10.0. The van der Waals surface area contributed by atoms with E-state index in [1.54, 1.807) is 12.1 Å². The minimum Gasteiger partial charge on any atom is -0.504 e. The maximum Gasteiger partial charge on any atom is 0.157 e. The third kappa shape index (κ3) is 4.15. The highest BCUT2D eigenvalue weighted by Crippen LogP contribution is 2.26. The van der Waals surface area contributed by atoms with Gasteiger partial charge in [0.25, 0.3) is 0 Å². The lowest BCUT2D eigenvalue weighted by Gasteiger charge is -2.05. The Morgan fingerprint density at radius 3 is 1.91 bits per heavy atom. The third-order valence-electron chi connectivity index (χ3n) is 3.40. The summed E-state index contributed by atoms with van der Waals surface area (Å²) in [6.45, 7) is 0. The number of carbonyl (C=O) groups is 1. The first kappa shape index (κ1) is 15.7. The van der Waals surface area contributed by atoms with E-state index in [1.165, 1.54) is 24.3 Å². The number of hydrogen-bond donors (Lipinski definition) is 4. The first-order chi connectivity index (χ1) is 10.5. The number of ketones is 1. The van der Waals surface area contributed by atoms with E-state index in [0.717, 1.165) is 5.56 Å². The van der Waals surface area contributed by atoms with Crippen LogP contribution in [0.4, 0.5) is 0 Å². The van der Waals surface area contributed by atoms with Crippen LogP contribution < -0.4 is 0 Å². The highest BCUT2D eigenvalue weighted by Gasteiger charge is 2.07. The van der Waals surface area contributed by atoms with E-state index < -0.39 is 0 Å². The normalized spacial score (nSPS) is 10.5. The summed E-state index contributed by atoms with van der Waals surface area (Å²) in [5.41, 5.74) is 1.51. The summed E-state index contributed by atoms with van der Waals surface area (Å²) < 4.78 is 0. The van der Waals surface area contributed by atoms with Gasteiger partial charge in [0.2, 0.25) is 0 Å². The van der Waals surface area contributed by atoms with Crippen LogP contribution in [0.15, 0.2) is 36.4 Å². The van der Waals surface area contributed by atoms with Gasteiger partial charge in [-0.25, -0.2) is 0 Å². The predicted molar refractivity (Wildman–Crippen MR) is 81.2 cm³/mol. The van der Waals surface area contributed by atoms with E-state index in [9.17, 15) is 25.2 Å². The molecular weight excluding hydrogens is 284 g/mol. The van der Waals surface area contributed by atoms with E-state index in [1.807, 2.05) is 0 Å². The fraction of sp³-hybridized carbons (Fsp3) is 0.235. The first-order valence-electron chi connectivity index (χ1n) is 6.99. The maximum atomic E-state index is 11.9. The Balaban J connectivity index is 1.82. The third-order valence-corrected chi connectivity index (χ3v) is 3.40. The van der Waals surface area contributed by atoms with Crippen LogP contribution >= 0.6 is 0 Å². The Morgan fingerprint density at radius 1 is 0.773 bits per heavy atom. The molecule has 2 aromatic carbocycles. The molecule has 22 heavy (non-hydrogen) atoms. The quantitative estimate of drug-likeness (QED) is 0.615. The van der Waals surface area contributed by atoms with Gasteiger partial charge in [0.15, 0.2) is 23.0 Å². The molecule has 0 aromatic heterocycles. The largest absolute Gasteiger partial charge is 0.504 e. The van der Waals surface area contributed by atoms with Gasteiger partial charge >= 0.3 is 0 Å². The molecule has 0 saturated heterocycles. The van der Waals surface area contributed by atoms with E-state index >= 15 is 0 Å². The molecule has 0 radical (unpaired) electrons. The van der Waals surface area contributed by atoms with Crippen molar-refractivity contribution in [2.45, 2.75) is 25.7 Å². The molecule has 0 aliphatic rings. The van der Waals surface area contributed by atoms with Crippen molar-refractivity contribution < 1.29 is 25.2 Å². The van der Waals surface area contributed by atoms with Crippen molar-refractivity contribution >= 4 is 5.78 Å². The highest BCUT2D eigenvalue weighted by molar-refractivity contribution is 5.81. The van der Waals surface area contributed by atoms with Crippen LogP contribution in [0.3, 0.4) is 0 Å². The van der Waals surface area contributed by atoms with Gasteiger partial charge in [-0.15, -0.1) is 0 Å². The Bertz CT molecular complexity index is 679. The SMILES string of the molecule is O=C(CCCc1ccc(O)c(O)c1)Cc1ccc(O)c(O)c1. The lowest BCUT2D eigenvalue weighted by molar-refractivity contribution is -0.118. The number of aromatic hydroxyl groups is 4. The Hall–Kier alpha value is -2.69. The van der Waals surface area contributed by atoms with Gasteiger partial charge in [0.05, 0.1) is 0 Å². The van der Waals surface area contributed by atoms with Crippen LogP contribution in [0.2, 0.25) is 0 Å². The fourth-order valence-electron chi connectivity index (χ4n) is 2.21. The Morgan fingerprint density at radius 2 is 1.32 bits per heavy atom. The van der Waals surface area contributed by atoms with Crippen LogP contribution in [0.1, 0.15) is 24.0 Å². The van der Waals surface area contributed by atoms with Gasteiger partial charge in [-0.05, 0) is 48.2 Å². The maximum absolute atomic E-state index is 11.9. The monoisotopic (exact) mass is 302 g/mol. The summed E-state index contributed by atoms with van der Waals surface area (Å²) in [6.07, 6.45) is 1.84. The van der Waals surface area contributed by atoms with Crippen molar-refractivity contribution in [3.63, 3.8) is 0 Å². The molecule has 116 valence electrons. The van der Waals surface area contributed by atoms with Crippen LogP contribution in [-0.4, -0.2) is 26.2 Å². The number of phenols is 4. The van der Waals surface area contributed by atoms with Crippen LogP contribution in [0.25, 0.3) is 0 Å². The second kappa shape index (κ2) is 6.85. The minimum atomic E-state index is -0.232. The van der Waals surface area contributed by atoms with E-state index in [4.69, 9.17) is 0 Å². The molecule has 2 aromatic rings. The van der Waals surface area contributed by atoms with Crippen molar-refractivity contribution in [2.24, 2.45) is 0 Å². The zero-order valence-electron chi connectivity index (χ0n) is 12.0. The molecule has 0 aliphatic heterocycles. The molecule has 0 saturated carbocycles. The average molecular weight is 302 g/mol. The van der Waals surface area contributed by atoms with Gasteiger partial charge in [0.1, 0.15) is 5.78 Å². The number of benzene rings is 2. The average Bonchev–Trinajstić information content (AvgIpc) is 2.47. The molecule has 0 atom stereocenters. The molecule has 0 fully saturated rings. The van der Waals surface area contributed by atoms with E-state index in [2.05, 4.69) is 0 Å². The fourth-order valence-corrected chi connectivity index (χ4v) is 2.21. The zero-order chi connectivity index (χ0) is 16.1. The Kier molecular flexibility index (Phi) is 4.88. The van der Waals surface area contributed by atoms with Crippen LogP contribution in [0, 0.1) is 0 Å². The number of carbonyl (C=O) groups excluding carboxylic acids is 1. The standard InChI is InChI=1S/C17H18O5/c18-13(8-12-5-7-15(20)17(22)10-12)3-1-2-11-4-6-14(19)16(21)9-11/h4-7,9-10,19-22H,1-3,8H2. The van der Waals surface area contributed by atoms with Crippen molar-refractivity contribution in [3.05, 3.63) is 47.5 Å². The number of Topliss-reactive ketones (excluding diaryl/α,β-unsaturated/α-hetero) is 1. The molecular formula is C17H18O5. The summed E-state index contributed by atoms with van der Waals surface area (Å²) in [6, 6.07) is 8.95. The minimum absolute atomic E-state index is 0.0353. The molecule has 0 amide bonds. The summed E-state index contributed by atoms with van der Waals surface area (Å²) in [4.78, 5) is 11.9. The van der Waals surface area contributed by atoms with Crippen LogP contribution in [0.5, 0.6) is 23.0 Å². The van der Waals surface area contributed by atoms with Gasteiger partial charge in [-0.1, -0.05) is 12.1 Å². The second-order valence-corrected chi connectivity index (χ2v) is 5.22. The van der Waals surface area contributed by atoms with Crippen molar-refractivity contribution in [2.75, 3.05) is 0 Å². The topological polar surface area (TPSA) is 98.0 Å². The number of hydrogen-bond acceptors (Lipinski definition) is 5. The lowest BCUT2D eigenvalue weighted by Crippen LogP contribution is -2.03. The molecule has 0 aliphatic carbocycles. The number of rotatable bonds is 6. The molecule has 0 spiro atoms. The smallest absolute Gasteiger partial charge is 0.157 e. The summed E-state index contributed by atoms with van der Waals surface area (Å²) in [5.74, 6) is -0.725. The zero-order valence-corrected chi connectivity index (χ0v) is 12.0. The molecule has 2 rings (SSSR count). The predicted octanol–water partition coefficient (Wildman–Crippen LogP) is 2.64. The molecule has 5 nitrogen and oxygen atoms in total. The molecule has 4 N–H and O–H groups in total. The molecule has 0 bridgehead atoms. The van der Waals surface area contributed by atoms with Gasteiger partial charge in [-0.2, -0.15) is 0 Å². The van der Waals surface area contributed by atoms with E-state index in [-0.39, 0.29) is 35.2 Å². The van der Waals surface area contributed by atoms with E-state index in [0.29, 0.717) is 24.8 Å². The molecule has 0 unspecified atom stereocenters.